The third-order valence-electron chi connectivity index (χ3n) is 4.12. The molecule has 0 spiro atoms. The van der Waals surface area contributed by atoms with E-state index in [0.717, 1.165) is 23.8 Å². The van der Waals surface area contributed by atoms with Crippen LogP contribution >= 0.6 is 0 Å². The highest BCUT2D eigenvalue weighted by molar-refractivity contribution is 5.41. The summed E-state index contributed by atoms with van der Waals surface area (Å²) in [4.78, 5) is 2.35. The van der Waals surface area contributed by atoms with Crippen molar-refractivity contribution in [2.24, 2.45) is 5.92 Å². The minimum atomic E-state index is -0.573. The molecule has 1 fully saturated rings. The molecule has 1 aliphatic rings. The number of ether oxygens (including phenoxy) is 2. The first-order valence-electron chi connectivity index (χ1n) is 7.69. The Bertz CT molecular complexity index is 457. The number of rotatable bonds is 8. The van der Waals surface area contributed by atoms with E-state index in [4.69, 9.17) is 9.47 Å². The molecule has 118 valence electrons. The highest BCUT2D eigenvalue weighted by Gasteiger charge is 2.27. The average molecular weight is 293 g/mol. The molecule has 4 nitrogen and oxygen atoms in total. The van der Waals surface area contributed by atoms with Crippen molar-refractivity contribution in [3.8, 4) is 11.5 Å². The van der Waals surface area contributed by atoms with Crippen molar-refractivity contribution in [1.82, 2.24) is 4.90 Å². The first kappa shape index (κ1) is 16.1. The second-order valence-electron chi connectivity index (χ2n) is 6.11. The molecule has 1 aromatic carbocycles. The van der Waals surface area contributed by atoms with Crippen molar-refractivity contribution in [1.29, 1.82) is 0 Å². The quantitative estimate of drug-likeness (QED) is 0.800. The van der Waals surface area contributed by atoms with E-state index in [1.807, 2.05) is 18.2 Å². The Labute approximate surface area is 127 Å². The van der Waals surface area contributed by atoms with Crippen LogP contribution in [-0.4, -0.2) is 43.4 Å². The van der Waals surface area contributed by atoms with Gasteiger partial charge in [-0.15, -0.1) is 0 Å². The molecular formula is C17H27NO3. The number of benzene rings is 1. The lowest BCUT2D eigenvalue weighted by molar-refractivity contribution is 0.0903. The van der Waals surface area contributed by atoms with Crippen LogP contribution in [0.25, 0.3) is 0 Å². The standard InChI is InChI=1S/C17H27NO3/c1-12(2)18(10-13-5-6-13)11-16(19)15-9-14(20-3)7-8-17(15)21-4/h7-9,12-13,16,19H,5-6,10-11H2,1-4H3. The zero-order chi connectivity index (χ0) is 15.4. The summed E-state index contributed by atoms with van der Waals surface area (Å²) in [6, 6.07) is 5.98. The monoisotopic (exact) mass is 293 g/mol. The summed E-state index contributed by atoms with van der Waals surface area (Å²) in [6.45, 7) is 6.05. The predicted octanol–water partition coefficient (Wildman–Crippen LogP) is 2.86. The Morgan fingerprint density at radius 3 is 2.48 bits per heavy atom. The van der Waals surface area contributed by atoms with Gasteiger partial charge in [0.1, 0.15) is 11.5 Å². The van der Waals surface area contributed by atoms with Gasteiger partial charge < -0.3 is 14.6 Å². The number of aliphatic hydroxyl groups excluding tert-OH is 1. The molecule has 0 bridgehead atoms. The van der Waals surface area contributed by atoms with Crippen LogP contribution in [0.1, 0.15) is 38.4 Å². The Morgan fingerprint density at radius 1 is 1.24 bits per heavy atom. The van der Waals surface area contributed by atoms with Gasteiger partial charge in [-0.1, -0.05) is 0 Å². The summed E-state index contributed by atoms with van der Waals surface area (Å²) in [6.07, 6.45) is 2.07. The van der Waals surface area contributed by atoms with Crippen molar-refractivity contribution in [3.63, 3.8) is 0 Å². The molecular weight excluding hydrogens is 266 g/mol. The maximum atomic E-state index is 10.6. The molecule has 2 rings (SSSR count). The lowest BCUT2D eigenvalue weighted by atomic mass is 10.1. The molecule has 1 atom stereocenters. The molecule has 1 saturated carbocycles. The third-order valence-corrected chi connectivity index (χ3v) is 4.12. The van der Waals surface area contributed by atoms with E-state index < -0.39 is 6.10 Å². The zero-order valence-electron chi connectivity index (χ0n) is 13.5. The van der Waals surface area contributed by atoms with E-state index in [-0.39, 0.29) is 0 Å². The van der Waals surface area contributed by atoms with Gasteiger partial charge in [-0.25, -0.2) is 0 Å². The maximum absolute atomic E-state index is 10.6. The average Bonchev–Trinajstić information content (AvgIpc) is 3.29. The summed E-state index contributed by atoms with van der Waals surface area (Å²) in [5.74, 6) is 2.26. The number of hydrogen-bond donors (Lipinski definition) is 1. The lowest BCUT2D eigenvalue weighted by Gasteiger charge is -2.29. The number of methoxy groups -OCH3 is 2. The van der Waals surface area contributed by atoms with Crippen molar-refractivity contribution < 1.29 is 14.6 Å². The van der Waals surface area contributed by atoms with Gasteiger partial charge in [-0.3, -0.25) is 4.90 Å². The van der Waals surface area contributed by atoms with Crippen molar-refractivity contribution in [2.75, 3.05) is 27.3 Å². The first-order chi connectivity index (χ1) is 10.0. The summed E-state index contributed by atoms with van der Waals surface area (Å²) in [5.41, 5.74) is 0.790. The summed E-state index contributed by atoms with van der Waals surface area (Å²) < 4.78 is 10.6. The molecule has 0 amide bonds. The van der Waals surface area contributed by atoms with Gasteiger partial charge in [0.2, 0.25) is 0 Å². The molecule has 0 aliphatic heterocycles. The first-order valence-corrected chi connectivity index (χ1v) is 7.69. The summed E-state index contributed by atoms with van der Waals surface area (Å²) in [7, 11) is 3.26. The van der Waals surface area contributed by atoms with Gasteiger partial charge >= 0.3 is 0 Å². The molecule has 21 heavy (non-hydrogen) atoms. The van der Waals surface area contributed by atoms with Gasteiger partial charge in [0, 0.05) is 24.7 Å². The van der Waals surface area contributed by atoms with Gasteiger partial charge in [0.05, 0.1) is 20.3 Å². The minimum Gasteiger partial charge on any atom is -0.497 e. The van der Waals surface area contributed by atoms with E-state index in [1.54, 1.807) is 14.2 Å². The fourth-order valence-corrected chi connectivity index (χ4v) is 2.55. The highest BCUT2D eigenvalue weighted by Crippen LogP contribution is 2.33. The number of nitrogens with zero attached hydrogens (tertiary/aromatic N) is 1. The van der Waals surface area contributed by atoms with E-state index in [1.165, 1.54) is 12.8 Å². The van der Waals surface area contributed by atoms with Crippen molar-refractivity contribution >= 4 is 0 Å². The van der Waals surface area contributed by atoms with Crippen molar-refractivity contribution in [3.05, 3.63) is 23.8 Å². The molecule has 0 radical (unpaired) electrons. The van der Waals surface area contributed by atoms with Gasteiger partial charge in [0.25, 0.3) is 0 Å². The molecule has 1 aromatic rings. The molecule has 1 N–H and O–H groups in total. The van der Waals surface area contributed by atoms with Gasteiger partial charge in [-0.05, 0) is 50.8 Å². The molecule has 0 aromatic heterocycles. The van der Waals surface area contributed by atoms with Crippen LogP contribution in [-0.2, 0) is 0 Å². The predicted molar refractivity (Wildman–Crippen MR) is 83.9 cm³/mol. The van der Waals surface area contributed by atoms with Gasteiger partial charge in [0.15, 0.2) is 0 Å². The van der Waals surface area contributed by atoms with E-state index in [2.05, 4.69) is 18.7 Å². The molecule has 1 aliphatic carbocycles. The Balaban J connectivity index is 2.11. The third kappa shape index (κ3) is 4.35. The van der Waals surface area contributed by atoms with Crippen LogP contribution in [0.15, 0.2) is 18.2 Å². The Hall–Kier alpha value is -1.26. The van der Waals surface area contributed by atoms with E-state index in [0.29, 0.717) is 18.3 Å². The van der Waals surface area contributed by atoms with Crippen LogP contribution in [0, 0.1) is 5.92 Å². The maximum Gasteiger partial charge on any atom is 0.124 e. The highest BCUT2D eigenvalue weighted by atomic mass is 16.5. The smallest absolute Gasteiger partial charge is 0.124 e. The number of hydrogen-bond acceptors (Lipinski definition) is 4. The SMILES string of the molecule is COc1ccc(OC)c(C(O)CN(CC2CC2)C(C)C)c1. The van der Waals surface area contributed by atoms with Crippen LogP contribution in [0.5, 0.6) is 11.5 Å². The fourth-order valence-electron chi connectivity index (χ4n) is 2.55. The topological polar surface area (TPSA) is 41.9 Å². The molecule has 1 unspecified atom stereocenters. The molecule has 0 saturated heterocycles. The Morgan fingerprint density at radius 2 is 1.95 bits per heavy atom. The largest absolute Gasteiger partial charge is 0.497 e. The summed E-state index contributed by atoms with van der Waals surface area (Å²) in [5, 5.41) is 10.6. The van der Waals surface area contributed by atoms with Crippen LogP contribution in [0.2, 0.25) is 0 Å². The summed E-state index contributed by atoms with van der Waals surface area (Å²) >= 11 is 0. The normalized spacial score (nSPS) is 16.3. The van der Waals surface area contributed by atoms with Crippen LogP contribution in [0.3, 0.4) is 0 Å². The Kier molecular flexibility index (Phi) is 5.48. The molecule has 0 heterocycles. The second-order valence-corrected chi connectivity index (χ2v) is 6.11. The second kappa shape index (κ2) is 7.14. The van der Waals surface area contributed by atoms with Crippen LogP contribution in [0.4, 0.5) is 0 Å². The van der Waals surface area contributed by atoms with E-state index >= 15 is 0 Å². The van der Waals surface area contributed by atoms with Crippen molar-refractivity contribution in [2.45, 2.75) is 38.8 Å². The minimum absolute atomic E-state index is 0.428. The molecule has 4 heteroatoms. The van der Waals surface area contributed by atoms with E-state index in [9.17, 15) is 5.11 Å². The lowest BCUT2D eigenvalue weighted by Crippen LogP contribution is -2.36. The number of aliphatic hydroxyl groups is 1. The van der Waals surface area contributed by atoms with Gasteiger partial charge in [-0.2, -0.15) is 0 Å². The van der Waals surface area contributed by atoms with Crippen LogP contribution < -0.4 is 9.47 Å². The zero-order valence-corrected chi connectivity index (χ0v) is 13.5. The fraction of sp³-hybridized carbons (Fsp3) is 0.647.